The second-order valence-corrected chi connectivity index (χ2v) is 11.5. The van der Waals surface area contributed by atoms with Crippen molar-refractivity contribution in [1.82, 2.24) is 9.80 Å². The Morgan fingerprint density at radius 1 is 1.24 bits per heavy atom. The van der Waals surface area contributed by atoms with Gasteiger partial charge in [0.2, 0.25) is 0 Å². The van der Waals surface area contributed by atoms with Gasteiger partial charge in [0.25, 0.3) is 0 Å². The molecule has 3 unspecified atom stereocenters. The van der Waals surface area contributed by atoms with Gasteiger partial charge in [-0.25, -0.2) is 9.18 Å². The summed E-state index contributed by atoms with van der Waals surface area (Å²) in [6, 6.07) is 3.79. The third-order valence-electron chi connectivity index (χ3n) is 8.11. The number of carbonyl (C=O) groups excluding carboxylic acids is 1. The van der Waals surface area contributed by atoms with Crippen molar-refractivity contribution in [3.63, 3.8) is 0 Å². The summed E-state index contributed by atoms with van der Waals surface area (Å²) in [4.78, 5) is 19.0. The lowest BCUT2D eigenvalue weighted by molar-refractivity contribution is 0.0703. The van der Waals surface area contributed by atoms with Crippen LogP contribution >= 0.6 is 0 Å². The number of hydrogen-bond acceptors (Lipinski definition) is 5. The van der Waals surface area contributed by atoms with Crippen LogP contribution in [0.5, 0.6) is 0 Å². The number of hydrogen-bond donors (Lipinski definition) is 0. The molecule has 3 saturated heterocycles. The molecule has 1 aromatic carbocycles. The van der Waals surface area contributed by atoms with E-state index in [9.17, 15) is 9.18 Å². The SMILES string of the molecule is CCOC(=O)N1CCC(C)(N2CCC(N3c4cc(F)cc(C(C)(C)C)c4CC4OC43)CC2)C1. The van der Waals surface area contributed by atoms with Gasteiger partial charge in [-0.3, -0.25) is 4.90 Å². The second kappa shape index (κ2) is 8.12. The Labute approximate surface area is 197 Å². The molecule has 7 heteroatoms. The Kier molecular flexibility index (Phi) is 5.64. The standard InChI is InChI=1S/C26H38FN3O3/c1-6-32-24(31)28-12-9-26(5,16-28)29-10-7-18(8-11-29)30-21-14-17(27)13-20(25(2,3)4)19(21)15-22-23(30)33-22/h13-14,18,22-23H,6-12,15-16H2,1-5H3. The number of anilines is 1. The average molecular weight is 460 g/mol. The topological polar surface area (TPSA) is 48.6 Å². The molecule has 4 heterocycles. The van der Waals surface area contributed by atoms with Gasteiger partial charge in [-0.15, -0.1) is 0 Å². The number of fused-ring (bicyclic) bond motifs is 2. The first kappa shape index (κ1) is 22.9. The Hall–Kier alpha value is -1.86. The minimum atomic E-state index is -0.199. The third kappa shape index (κ3) is 4.12. The lowest BCUT2D eigenvalue weighted by atomic mass is 9.80. The summed E-state index contributed by atoms with van der Waals surface area (Å²) in [7, 11) is 0. The van der Waals surface area contributed by atoms with Gasteiger partial charge in [0.05, 0.1) is 6.61 Å². The van der Waals surface area contributed by atoms with Gasteiger partial charge >= 0.3 is 6.09 Å². The molecule has 4 aliphatic heterocycles. The number of benzene rings is 1. The van der Waals surface area contributed by atoms with Crippen LogP contribution < -0.4 is 4.90 Å². The summed E-state index contributed by atoms with van der Waals surface area (Å²) in [5, 5.41) is 0. The lowest BCUT2D eigenvalue weighted by Crippen LogP contribution is -2.56. The average Bonchev–Trinajstić information content (AvgIpc) is 3.42. The van der Waals surface area contributed by atoms with E-state index in [1.165, 1.54) is 5.56 Å². The molecule has 6 nitrogen and oxygen atoms in total. The highest BCUT2D eigenvalue weighted by molar-refractivity contribution is 5.68. The van der Waals surface area contributed by atoms with E-state index >= 15 is 0 Å². The van der Waals surface area contributed by atoms with E-state index in [0.717, 1.165) is 63.1 Å². The maximum absolute atomic E-state index is 14.7. The van der Waals surface area contributed by atoms with Crippen molar-refractivity contribution in [3.05, 3.63) is 29.1 Å². The van der Waals surface area contributed by atoms with Crippen molar-refractivity contribution < 1.29 is 18.7 Å². The van der Waals surface area contributed by atoms with Crippen molar-refractivity contribution in [1.29, 1.82) is 0 Å². The molecule has 0 radical (unpaired) electrons. The fourth-order valence-electron chi connectivity index (χ4n) is 6.26. The van der Waals surface area contributed by atoms with Crippen LogP contribution in [0.4, 0.5) is 14.9 Å². The maximum Gasteiger partial charge on any atom is 0.409 e. The maximum atomic E-state index is 14.7. The molecule has 33 heavy (non-hydrogen) atoms. The Bertz CT molecular complexity index is 924. The number of ether oxygens (including phenoxy) is 2. The molecule has 0 aromatic heterocycles. The van der Waals surface area contributed by atoms with E-state index in [4.69, 9.17) is 9.47 Å². The number of likely N-dealkylation sites (tertiary alicyclic amines) is 2. The van der Waals surface area contributed by atoms with E-state index < -0.39 is 0 Å². The van der Waals surface area contributed by atoms with Crippen LogP contribution in [0, 0.1) is 5.82 Å². The molecule has 182 valence electrons. The highest BCUT2D eigenvalue weighted by atomic mass is 19.1. The monoisotopic (exact) mass is 459 g/mol. The largest absolute Gasteiger partial charge is 0.450 e. The minimum Gasteiger partial charge on any atom is -0.450 e. The van der Waals surface area contributed by atoms with E-state index in [2.05, 4.69) is 37.5 Å². The van der Waals surface area contributed by atoms with E-state index in [1.54, 1.807) is 12.1 Å². The van der Waals surface area contributed by atoms with Gasteiger partial charge in [-0.1, -0.05) is 20.8 Å². The van der Waals surface area contributed by atoms with Crippen molar-refractivity contribution in [2.45, 2.75) is 89.6 Å². The predicted octanol–water partition coefficient (Wildman–Crippen LogP) is 4.30. The first-order valence-corrected chi connectivity index (χ1v) is 12.5. The highest BCUT2D eigenvalue weighted by Gasteiger charge is 2.52. The molecule has 3 fully saturated rings. The molecule has 4 aliphatic rings. The predicted molar refractivity (Wildman–Crippen MR) is 126 cm³/mol. The van der Waals surface area contributed by atoms with Gasteiger partial charge < -0.3 is 19.3 Å². The molecule has 0 bridgehead atoms. The van der Waals surface area contributed by atoms with E-state index in [-0.39, 0.29) is 35.2 Å². The van der Waals surface area contributed by atoms with Gasteiger partial charge in [-0.2, -0.15) is 0 Å². The van der Waals surface area contributed by atoms with Gasteiger partial charge in [0.1, 0.15) is 11.9 Å². The highest BCUT2D eigenvalue weighted by Crippen LogP contribution is 2.47. The van der Waals surface area contributed by atoms with Crippen LogP contribution in [-0.4, -0.2) is 72.6 Å². The molecule has 0 N–H and O–H groups in total. The van der Waals surface area contributed by atoms with Crippen LogP contribution in [0.2, 0.25) is 0 Å². The summed E-state index contributed by atoms with van der Waals surface area (Å²) in [6.45, 7) is 14.4. The number of nitrogens with zero attached hydrogens (tertiary/aromatic N) is 3. The second-order valence-electron chi connectivity index (χ2n) is 11.5. The quantitative estimate of drug-likeness (QED) is 0.631. The van der Waals surface area contributed by atoms with Crippen LogP contribution in [0.3, 0.4) is 0 Å². The summed E-state index contributed by atoms with van der Waals surface area (Å²) in [5.41, 5.74) is 3.29. The zero-order valence-electron chi connectivity index (χ0n) is 20.7. The van der Waals surface area contributed by atoms with Crippen molar-refractivity contribution in [3.8, 4) is 0 Å². The molecule has 1 aromatic rings. The first-order chi connectivity index (χ1) is 15.6. The summed E-state index contributed by atoms with van der Waals surface area (Å²) in [6.07, 6.45) is 4.00. The normalized spacial score (nSPS) is 30.2. The van der Waals surface area contributed by atoms with Gasteiger partial charge in [-0.05, 0) is 61.8 Å². The lowest BCUT2D eigenvalue weighted by Gasteiger charge is -2.46. The first-order valence-electron chi connectivity index (χ1n) is 12.5. The molecule has 3 atom stereocenters. The Balaban J connectivity index is 1.31. The fraction of sp³-hybridized carbons (Fsp3) is 0.731. The molecule has 1 amide bonds. The number of halogens is 1. The van der Waals surface area contributed by atoms with Crippen LogP contribution in [-0.2, 0) is 21.3 Å². The molecule has 5 rings (SSSR count). The Morgan fingerprint density at radius 2 is 1.97 bits per heavy atom. The zero-order valence-corrected chi connectivity index (χ0v) is 20.7. The van der Waals surface area contributed by atoms with Crippen molar-refractivity contribution in [2.75, 3.05) is 37.7 Å². The molecule has 0 spiro atoms. The number of epoxide rings is 1. The molecule has 0 saturated carbocycles. The number of rotatable bonds is 3. The van der Waals surface area contributed by atoms with Crippen LogP contribution in [0.1, 0.15) is 65.0 Å². The fourth-order valence-corrected chi connectivity index (χ4v) is 6.26. The van der Waals surface area contributed by atoms with Crippen molar-refractivity contribution in [2.24, 2.45) is 0 Å². The molecular weight excluding hydrogens is 421 g/mol. The number of piperidine rings is 1. The summed E-state index contributed by atoms with van der Waals surface area (Å²) in [5.74, 6) is -0.155. The minimum absolute atomic E-state index is 0.0122. The summed E-state index contributed by atoms with van der Waals surface area (Å²) >= 11 is 0. The smallest absolute Gasteiger partial charge is 0.409 e. The number of carbonyl (C=O) groups is 1. The van der Waals surface area contributed by atoms with Crippen LogP contribution in [0.25, 0.3) is 0 Å². The van der Waals surface area contributed by atoms with Gasteiger partial charge in [0.15, 0.2) is 6.23 Å². The number of amides is 1. The van der Waals surface area contributed by atoms with Crippen molar-refractivity contribution >= 4 is 11.8 Å². The summed E-state index contributed by atoms with van der Waals surface area (Å²) < 4.78 is 26.0. The molecular formula is C26H38FN3O3. The third-order valence-corrected chi connectivity index (χ3v) is 8.11. The zero-order chi connectivity index (χ0) is 23.5. The van der Waals surface area contributed by atoms with Crippen LogP contribution in [0.15, 0.2) is 12.1 Å². The Morgan fingerprint density at radius 3 is 2.64 bits per heavy atom. The van der Waals surface area contributed by atoms with E-state index in [1.807, 2.05) is 11.8 Å². The van der Waals surface area contributed by atoms with E-state index in [0.29, 0.717) is 12.6 Å². The molecule has 0 aliphatic carbocycles. The van der Waals surface area contributed by atoms with Gasteiger partial charge in [0, 0.05) is 49.9 Å².